The molecule has 1 unspecified atom stereocenters. The van der Waals surface area contributed by atoms with Gasteiger partial charge in [-0.3, -0.25) is 8.51 Å². The Morgan fingerprint density at radius 2 is 2.14 bits per heavy atom. The van der Waals surface area contributed by atoms with E-state index in [1.807, 2.05) is 0 Å². The maximum absolute atomic E-state index is 13.1. The average molecular weight is 322 g/mol. The van der Waals surface area contributed by atoms with Gasteiger partial charge in [0.1, 0.15) is 0 Å². The summed E-state index contributed by atoms with van der Waals surface area (Å²) < 4.78 is 61.7. The molecule has 0 aromatic heterocycles. The third kappa shape index (κ3) is 3.42. The van der Waals surface area contributed by atoms with Gasteiger partial charge >= 0.3 is 12.1 Å². The molecule has 0 saturated carbocycles. The number of alkyl halides is 3. The van der Waals surface area contributed by atoms with E-state index in [1.54, 1.807) is 0 Å². The van der Waals surface area contributed by atoms with Gasteiger partial charge in [0, 0.05) is 11.3 Å². The molecule has 0 saturated heterocycles. The first kappa shape index (κ1) is 17.2. The molecule has 0 fully saturated rings. The monoisotopic (exact) mass is 322 g/mol. The molecule has 0 spiro atoms. The van der Waals surface area contributed by atoms with E-state index in [0.717, 1.165) is 12.2 Å². The Balaban J connectivity index is 3.69. The van der Waals surface area contributed by atoms with Gasteiger partial charge in [-0.25, -0.2) is 4.79 Å². The van der Waals surface area contributed by atoms with Gasteiger partial charge < -0.3 is 9.66 Å². The Kier molecular flexibility index (Phi) is 5.13. The molecule has 1 heterocycles. The van der Waals surface area contributed by atoms with Crippen LogP contribution in [0, 0.1) is 0 Å². The number of carboxylic acid groups (broad SMARTS) is 1. The van der Waals surface area contributed by atoms with Gasteiger partial charge in [0.2, 0.25) is 0 Å². The lowest BCUT2D eigenvalue weighted by Gasteiger charge is -2.40. The molecule has 1 N–H and O–H groups in total. The smallest absolute Gasteiger partial charge is 0.414 e. The standard InChI is InChI=1S/C12H12F3NO4S/c1-3-5-7-6-8(11(17)18)10(12(13,14)15)16(21(19)20)9(7)4-2/h3-6,10H,1H2,2H3,(H,17,18)(H,19,20)/p-1/b7-5-,9-4+/t10-/m0/s1. The molecule has 0 amide bonds. The predicted molar refractivity (Wildman–Crippen MR) is 68.4 cm³/mol. The minimum absolute atomic E-state index is 0.00120. The van der Waals surface area contributed by atoms with Crippen molar-refractivity contribution in [3.63, 3.8) is 0 Å². The van der Waals surface area contributed by atoms with Gasteiger partial charge in [-0.05, 0) is 18.6 Å². The fourth-order valence-electron chi connectivity index (χ4n) is 1.92. The molecule has 9 heteroatoms. The van der Waals surface area contributed by atoms with Crippen LogP contribution in [0.1, 0.15) is 6.92 Å². The Bertz CT molecular complexity index is 578. The van der Waals surface area contributed by atoms with Crippen LogP contribution in [0.4, 0.5) is 13.2 Å². The van der Waals surface area contributed by atoms with Crippen LogP contribution >= 0.6 is 0 Å². The first-order chi connectivity index (χ1) is 9.65. The molecule has 0 aliphatic carbocycles. The fourth-order valence-corrected chi connectivity index (χ4v) is 2.70. The van der Waals surface area contributed by atoms with Crippen molar-refractivity contribution in [2.45, 2.75) is 19.1 Å². The van der Waals surface area contributed by atoms with E-state index in [-0.39, 0.29) is 15.6 Å². The van der Waals surface area contributed by atoms with Gasteiger partial charge in [-0.2, -0.15) is 13.2 Å². The summed E-state index contributed by atoms with van der Waals surface area (Å²) in [6.45, 7) is 4.70. The Labute approximate surface area is 121 Å². The number of hydrogen-bond donors (Lipinski definition) is 1. The highest BCUT2D eigenvalue weighted by Gasteiger charge is 2.51. The highest BCUT2D eigenvalue weighted by atomic mass is 32.2. The van der Waals surface area contributed by atoms with E-state index >= 15 is 0 Å². The van der Waals surface area contributed by atoms with E-state index in [2.05, 4.69) is 6.58 Å². The number of aliphatic carboxylic acids is 1. The summed E-state index contributed by atoms with van der Waals surface area (Å²) in [5.74, 6) is -1.85. The molecular weight excluding hydrogens is 311 g/mol. The SMILES string of the molecule is C=C/C=C1/C=C(C(=O)O)[C@@H](C(F)(F)F)N(S(=O)[O-])/C1=C/C. The van der Waals surface area contributed by atoms with E-state index < -0.39 is 35.0 Å². The van der Waals surface area contributed by atoms with Gasteiger partial charge in [0.25, 0.3) is 0 Å². The summed E-state index contributed by atoms with van der Waals surface area (Å²) in [6, 6.07) is -2.78. The molecular formula is C12H11F3NO4S-. The van der Waals surface area contributed by atoms with Crippen molar-refractivity contribution in [1.82, 2.24) is 4.31 Å². The maximum atomic E-state index is 13.1. The van der Waals surface area contributed by atoms with Crippen LogP contribution in [0.5, 0.6) is 0 Å². The van der Waals surface area contributed by atoms with E-state index in [4.69, 9.17) is 5.11 Å². The zero-order valence-electron chi connectivity index (χ0n) is 10.8. The first-order valence-electron chi connectivity index (χ1n) is 5.54. The van der Waals surface area contributed by atoms with E-state index in [9.17, 15) is 26.7 Å². The predicted octanol–water partition coefficient (Wildman–Crippen LogP) is 2.05. The van der Waals surface area contributed by atoms with Crippen LogP contribution < -0.4 is 0 Å². The number of allylic oxidation sites excluding steroid dienone is 4. The summed E-state index contributed by atoms with van der Waals surface area (Å²) in [5, 5.41) is 8.95. The van der Waals surface area contributed by atoms with Crippen LogP contribution in [0.3, 0.4) is 0 Å². The molecule has 0 aromatic carbocycles. The highest BCUT2D eigenvalue weighted by molar-refractivity contribution is 7.76. The van der Waals surface area contributed by atoms with Crippen molar-refractivity contribution < 1.29 is 31.8 Å². The summed E-state index contributed by atoms with van der Waals surface area (Å²) in [5.41, 5.74) is -1.34. The maximum Gasteiger partial charge on any atom is 0.414 e. The molecule has 1 aliphatic rings. The van der Waals surface area contributed by atoms with Gasteiger partial charge in [-0.1, -0.05) is 24.8 Å². The minimum atomic E-state index is -5.07. The molecule has 1 rings (SSSR count). The number of hydrogen-bond acceptors (Lipinski definition) is 3. The molecule has 1 aliphatic heterocycles. The van der Waals surface area contributed by atoms with Crippen LogP contribution in [0.25, 0.3) is 0 Å². The topological polar surface area (TPSA) is 80.7 Å². The quantitative estimate of drug-likeness (QED) is 0.807. The normalized spacial score (nSPS) is 24.9. The molecule has 0 radical (unpaired) electrons. The summed E-state index contributed by atoms with van der Waals surface area (Å²) in [6.07, 6.45) is -0.683. The Hall–Kier alpha value is -1.87. The van der Waals surface area contributed by atoms with Crippen molar-refractivity contribution >= 4 is 17.2 Å². The van der Waals surface area contributed by atoms with Gasteiger partial charge in [-0.15, -0.1) is 0 Å². The van der Waals surface area contributed by atoms with Crippen LogP contribution in [0.2, 0.25) is 0 Å². The first-order valence-corrected chi connectivity index (χ1v) is 6.58. The molecule has 0 bridgehead atoms. The second kappa shape index (κ2) is 6.27. The van der Waals surface area contributed by atoms with Crippen LogP contribution in [-0.4, -0.2) is 36.4 Å². The van der Waals surface area contributed by atoms with Crippen molar-refractivity contribution in [3.8, 4) is 0 Å². The fraction of sp³-hybridized carbons (Fsp3) is 0.250. The summed E-state index contributed by atoms with van der Waals surface area (Å²) in [7, 11) is 0. The number of carboxylic acids is 1. The van der Waals surface area contributed by atoms with Crippen LogP contribution in [0.15, 0.2) is 47.7 Å². The number of halogens is 3. The molecule has 5 nitrogen and oxygen atoms in total. The lowest BCUT2D eigenvalue weighted by atomic mass is 9.95. The summed E-state index contributed by atoms with van der Waals surface area (Å²) >= 11 is -3.30. The second-order valence-corrected chi connectivity index (χ2v) is 4.75. The number of nitrogens with zero attached hydrogens (tertiary/aromatic N) is 1. The van der Waals surface area contributed by atoms with Crippen LogP contribution in [-0.2, 0) is 16.1 Å². The molecule has 0 aromatic rings. The third-order valence-electron chi connectivity index (χ3n) is 2.66. The lowest BCUT2D eigenvalue weighted by molar-refractivity contribution is -0.164. The zero-order valence-corrected chi connectivity index (χ0v) is 11.6. The minimum Gasteiger partial charge on any atom is -0.755 e. The highest BCUT2D eigenvalue weighted by Crippen LogP contribution is 2.39. The van der Waals surface area contributed by atoms with Crippen molar-refractivity contribution in [2.24, 2.45) is 0 Å². The zero-order chi connectivity index (χ0) is 16.4. The largest absolute Gasteiger partial charge is 0.755 e. The number of carbonyl (C=O) groups is 1. The average Bonchev–Trinajstić information content (AvgIpc) is 2.35. The van der Waals surface area contributed by atoms with Crippen molar-refractivity contribution in [1.29, 1.82) is 0 Å². The molecule has 21 heavy (non-hydrogen) atoms. The van der Waals surface area contributed by atoms with Gasteiger partial charge in [0.15, 0.2) is 6.04 Å². The van der Waals surface area contributed by atoms with Crippen molar-refractivity contribution in [3.05, 3.63) is 47.7 Å². The Morgan fingerprint density at radius 3 is 2.48 bits per heavy atom. The van der Waals surface area contributed by atoms with E-state index in [0.29, 0.717) is 0 Å². The van der Waals surface area contributed by atoms with Crippen molar-refractivity contribution in [2.75, 3.05) is 0 Å². The second-order valence-electron chi connectivity index (χ2n) is 3.92. The Morgan fingerprint density at radius 1 is 1.57 bits per heavy atom. The third-order valence-corrected chi connectivity index (χ3v) is 3.39. The summed E-state index contributed by atoms with van der Waals surface area (Å²) in [4.78, 5) is 11.1. The van der Waals surface area contributed by atoms with E-state index in [1.165, 1.54) is 19.1 Å². The molecule has 116 valence electrons. The lowest BCUT2D eigenvalue weighted by Crippen LogP contribution is -2.50. The molecule has 2 atom stereocenters. The van der Waals surface area contributed by atoms with Gasteiger partial charge in [0.05, 0.1) is 11.3 Å². The number of rotatable bonds is 3.